The summed E-state index contributed by atoms with van der Waals surface area (Å²) < 4.78 is 0. The van der Waals surface area contributed by atoms with E-state index in [9.17, 15) is 14.9 Å². The van der Waals surface area contributed by atoms with Gasteiger partial charge in [0.15, 0.2) is 0 Å². The van der Waals surface area contributed by atoms with E-state index in [-0.39, 0.29) is 11.5 Å². The molecular formula is C27H21Cl2N3O2S. The predicted molar refractivity (Wildman–Crippen MR) is 141 cm³/mol. The summed E-state index contributed by atoms with van der Waals surface area (Å²) in [5.41, 5.74) is 2.29. The van der Waals surface area contributed by atoms with E-state index < -0.39 is 11.2 Å². The first-order valence-corrected chi connectivity index (χ1v) is 12.6. The van der Waals surface area contributed by atoms with Gasteiger partial charge in [-0.3, -0.25) is 14.5 Å². The fraction of sp³-hybridized carbons (Fsp3) is 0.148. The minimum absolute atomic E-state index is 0.0973. The molecule has 2 amide bonds. The summed E-state index contributed by atoms with van der Waals surface area (Å²) in [6, 6.07) is 26.1. The molecule has 1 aliphatic heterocycles. The van der Waals surface area contributed by atoms with Gasteiger partial charge in [-0.15, -0.1) is 0 Å². The summed E-state index contributed by atoms with van der Waals surface area (Å²) >= 11 is 13.7. The van der Waals surface area contributed by atoms with Gasteiger partial charge < -0.3 is 5.32 Å². The Hall–Kier alpha value is -3.24. The lowest BCUT2D eigenvalue weighted by Gasteiger charge is -2.18. The molecule has 35 heavy (non-hydrogen) atoms. The number of amides is 2. The third-order valence-corrected chi connectivity index (χ3v) is 7.62. The van der Waals surface area contributed by atoms with Gasteiger partial charge in [-0.1, -0.05) is 95.6 Å². The van der Waals surface area contributed by atoms with E-state index in [1.54, 1.807) is 36.4 Å². The first-order chi connectivity index (χ1) is 17.0. The minimum atomic E-state index is -0.568. The van der Waals surface area contributed by atoms with Gasteiger partial charge in [-0.25, -0.2) is 0 Å². The van der Waals surface area contributed by atoms with Gasteiger partial charge in [0.05, 0.1) is 15.3 Å². The normalized spacial score (nSPS) is 16.7. The van der Waals surface area contributed by atoms with E-state index in [1.165, 1.54) is 16.7 Å². The van der Waals surface area contributed by atoms with Crippen molar-refractivity contribution in [2.24, 2.45) is 0 Å². The Kier molecular flexibility index (Phi) is 8.14. The number of carbonyl (C=O) groups excluding carboxylic acids is 2. The van der Waals surface area contributed by atoms with Crippen LogP contribution in [0.1, 0.15) is 11.1 Å². The van der Waals surface area contributed by atoms with Gasteiger partial charge in [0.1, 0.15) is 16.7 Å². The Labute approximate surface area is 218 Å². The van der Waals surface area contributed by atoms with Gasteiger partial charge in [0, 0.05) is 12.2 Å². The number of halogens is 2. The predicted octanol–water partition coefficient (Wildman–Crippen LogP) is 5.78. The number of nitrogens with zero attached hydrogens (tertiary/aromatic N) is 2. The quantitative estimate of drug-likeness (QED) is 0.316. The highest BCUT2D eigenvalue weighted by Crippen LogP contribution is 2.42. The van der Waals surface area contributed by atoms with Gasteiger partial charge in [0.2, 0.25) is 5.91 Å². The zero-order chi connectivity index (χ0) is 24.8. The molecule has 3 aromatic rings. The standard InChI is InChI=1S/C27H21Cl2N3O2S/c28-22-13-7-10-19(24(22)29)16-23-26(34)32(20-11-5-2-6-12-20)27(35-23)21(17-30)25(33)31-15-14-18-8-3-1-4-9-18/h1-13,23H,14-16H2,(H,31,33)/b27-21-/t23-/m1/s1. The molecule has 0 unspecified atom stereocenters. The molecule has 1 aliphatic rings. The second-order valence-corrected chi connectivity index (χ2v) is 9.79. The first-order valence-electron chi connectivity index (χ1n) is 10.9. The number of nitrogens with one attached hydrogen (secondary N) is 1. The summed E-state index contributed by atoms with van der Waals surface area (Å²) in [4.78, 5) is 28.0. The lowest BCUT2D eigenvalue weighted by molar-refractivity contribution is -0.117. The molecule has 1 N–H and O–H groups in total. The Balaban J connectivity index is 1.62. The van der Waals surface area contributed by atoms with Crippen molar-refractivity contribution in [3.63, 3.8) is 0 Å². The van der Waals surface area contributed by atoms with Gasteiger partial charge in [-0.05, 0) is 42.2 Å². The van der Waals surface area contributed by atoms with Crippen molar-refractivity contribution in [3.05, 3.63) is 111 Å². The lowest BCUT2D eigenvalue weighted by Crippen LogP contribution is -2.32. The van der Waals surface area contributed by atoms with Crippen LogP contribution in [0.5, 0.6) is 0 Å². The molecule has 176 valence electrons. The van der Waals surface area contributed by atoms with Crippen LogP contribution in [0.25, 0.3) is 0 Å². The Morgan fingerprint density at radius 1 is 1.00 bits per heavy atom. The maximum Gasteiger partial charge on any atom is 0.264 e. The zero-order valence-electron chi connectivity index (χ0n) is 18.6. The third kappa shape index (κ3) is 5.71. The highest BCUT2D eigenvalue weighted by Gasteiger charge is 2.41. The van der Waals surface area contributed by atoms with Crippen LogP contribution < -0.4 is 10.2 Å². The number of carbonyl (C=O) groups is 2. The number of benzene rings is 3. The maximum absolute atomic E-state index is 13.5. The molecule has 5 nitrogen and oxygen atoms in total. The van der Waals surface area contributed by atoms with Crippen LogP contribution in [0, 0.1) is 11.3 Å². The number of nitriles is 1. The monoisotopic (exact) mass is 521 g/mol. The minimum Gasteiger partial charge on any atom is -0.351 e. The van der Waals surface area contributed by atoms with Gasteiger partial charge in [0.25, 0.3) is 5.91 Å². The van der Waals surface area contributed by atoms with E-state index >= 15 is 0 Å². The van der Waals surface area contributed by atoms with Crippen LogP contribution in [0.15, 0.2) is 89.5 Å². The molecule has 0 bridgehead atoms. The molecule has 0 saturated carbocycles. The van der Waals surface area contributed by atoms with Crippen molar-refractivity contribution in [1.29, 1.82) is 5.26 Å². The van der Waals surface area contributed by atoms with Crippen molar-refractivity contribution in [2.45, 2.75) is 18.1 Å². The second-order valence-electron chi connectivity index (χ2n) is 7.82. The van der Waals surface area contributed by atoms with E-state index in [0.29, 0.717) is 40.1 Å². The number of para-hydroxylation sites is 1. The van der Waals surface area contributed by atoms with Crippen molar-refractivity contribution >= 4 is 52.5 Å². The zero-order valence-corrected chi connectivity index (χ0v) is 20.9. The fourth-order valence-electron chi connectivity index (χ4n) is 3.76. The van der Waals surface area contributed by atoms with E-state index in [4.69, 9.17) is 23.2 Å². The number of rotatable bonds is 7. The van der Waals surface area contributed by atoms with Gasteiger partial charge >= 0.3 is 0 Å². The molecule has 0 radical (unpaired) electrons. The average Bonchev–Trinajstić information content (AvgIpc) is 3.19. The molecular weight excluding hydrogens is 501 g/mol. The van der Waals surface area contributed by atoms with Gasteiger partial charge in [-0.2, -0.15) is 5.26 Å². The molecule has 8 heteroatoms. The maximum atomic E-state index is 13.5. The number of hydrogen-bond acceptors (Lipinski definition) is 4. The van der Waals surface area contributed by atoms with Crippen LogP contribution in [0.4, 0.5) is 5.69 Å². The smallest absolute Gasteiger partial charge is 0.264 e. The van der Waals surface area contributed by atoms with Crippen molar-refractivity contribution < 1.29 is 9.59 Å². The molecule has 0 spiro atoms. The summed E-state index contributed by atoms with van der Waals surface area (Å²) in [6.45, 7) is 0.368. The molecule has 4 rings (SSSR count). The number of anilines is 1. The van der Waals surface area contributed by atoms with Crippen LogP contribution in [0.2, 0.25) is 10.0 Å². The molecule has 1 heterocycles. The Bertz CT molecular complexity index is 1310. The Morgan fingerprint density at radius 2 is 1.69 bits per heavy atom. The average molecular weight is 522 g/mol. The van der Waals surface area contributed by atoms with Crippen molar-refractivity contribution in [2.75, 3.05) is 11.4 Å². The van der Waals surface area contributed by atoms with Crippen molar-refractivity contribution in [3.8, 4) is 6.07 Å². The largest absolute Gasteiger partial charge is 0.351 e. The molecule has 0 aliphatic carbocycles. The van der Waals surface area contributed by atoms with Crippen LogP contribution in [0.3, 0.4) is 0 Å². The molecule has 1 fully saturated rings. The topological polar surface area (TPSA) is 73.2 Å². The lowest BCUT2D eigenvalue weighted by atomic mass is 10.1. The summed E-state index contributed by atoms with van der Waals surface area (Å²) in [7, 11) is 0. The number of thioether (sulfide) groups is 1. The summed E-state index contributed by atoms with van der Waals surface area (Å²) in [6.07, 6.45) is 0.940. The van der Waals surface area contributed by atoms with E-state index in [1.807, 2.05) is 48.5 Å². The highest BCUT2D eigenvalue weighted by molar-refractivity contribution is 8.05. The van der Waals surface area contributed by atoms with Crippen LogP contribution >= 0.6 is 35.0 Å². The second kappa shape index (κ2) is 11.5. The van der Waals surface area contributed by atoms with Crippen LogP contribution in [-0.4, -0.2) is 23.6 Å². The Morgan fingerprint density at radius 3 is 2.37 bits per heavy atom. The van der Waals surface area contributed by atoms with Crippen molar-refractivity contribution in [1.82, 2.24) is 5.32 Å². The first kappa shape index (κ1) is 24.9. The molecule has 3 aromatic carbocycles. The molecule has 1 atom stereocenters. The number of hydrogen-bond donors (Lipinski definition) is 1. The van der Waals surface area contributed by atoms with E-state index in [2.05, 4.69) is 5.32 Å². The molecule has 1 saturated heterocycles. The fourth-order valence-corrected chi connectivity index (χ4v) is 5.45. The summed E-state index contributed by atoms with van der Waals surface area (Å²) in [5.74, 6) is -0.738. The highest BCUT2D eigenvalue weighted by atomic mass is 35.5. The summed E-state index contributed by atoms with van der Waals surface area (Å²) in [5, 5.41) is 13.3. The third-order valence-electron chi connectivity index (χ3n) is 5.50. The molecule has 0 aromatic heterocycles. The van der Waals surface area contributed by atoms with Crippen LogP contribution in [-0.2, 0) is 22.4 Å². The van der Waals surface area contributed by atoms with E-state index in [0.717, 1.165) is 11.1 Å². The SMILES string of the molecule is N#C/C(C(=O)NCCc1ccccc1)=C1/S[C@H](Cc2cccc(Cl)c2Cl)C(=O)N1c1ccccc1.